The summed E-state index contributed by atoms with van der Waals surface area (Å²) in [4.78, 5) is 11.1. The van der Waals surface area contributed by atoms with E-state index in [1.807, 2.05) is 0 Å². The number of carboxylic acids is 1. The van der Waals surface area contributed by atoms with Gasteiger partial charge < -0.3 is 15.3 Å². The summed E-state index contributed by atoms with van der Waals surface area (Å²) >= 11 is 0. The lowest BCUT2D eigenvalue weighted by Crippen LogP contribution is -2.65. The molecule has 4 rings (SSSR count). The van der Waals surface area contributed by atoms with Crippen molar-refractivity contribution in [3.05, 3.63) is 0 Å². The molecule has 172 valence electrons. The lowest BCUT2D eigenvalue weighted by molar-refractivity contribution is -0.229. The van der Waals surface area contributed by atoms with E-state index in [-0.39, 0.29) is 41.3 Å². The van der Waals surface area contributed by atoms with Gasteiger partial charge in [0.25, 0.3) is 0 Å². The zero-order chi connectivity index (χ0) is 21.8. The number of rotatable bonds is 5. The molecule has 4 unspecified atom stereocenters. The molecule has 4 aliphatic rings. The predicted octanol–water partition coefficient (Wildman–Crippen LogP) is 5.11. The van der Waals surface area contributed by atoms with Gasteiger partial charge in [-0.25, -0.2) is 0 Å². The van der Waals surface area contributed by atoms with Crippen molar-refractivity contribution in [3.8, 4) is 0 Å². The van der Waals surface area contributed by atoms with E-state index in [9.17, 15) is 15.0 Å². The maximum Gasteiger partial charge on any atom is 0.303 e. The van der Waals surface area contributed by atoms with E-state index in [1.165, 1.54) is 25.7 Å². The molecule has 0 saturated heterocycles. The number of hydrogen-bond acceptors (Lipinski definition) is 3. The van der Waals surface area contributed by atoms with Crippen molar-refractivity contribution in [1.29, 1.82) is 0 Å². The first-order chi connectivity index (χ1) is 14.1. The lowest BCUT2D eigenvalue weighted by atomic mass is 9.41. The van der Waals surface area contributed by atoms with E-state index in [4.69, 9.17) is 5.11 Å². The molecule has 0 radical (unpaired) electrons. The maximum atomic E-state index is 11.7. The normalized spacial score (nSPS) is 51.5. The first kappa shape index (κ1) is 22.6. The molecule has 0 spiro atoms. The Morgan fingerprint density at radius 2 is 1.80 bits per heavy atom. The van der Waals surface area contributed by atoms with Gasteiger partial charge in [-0.15, -0.1) is 0 Å². The highest BCUT2D eigenvalue weighted by Crippen LogP contribution is 2.69. The Kier molecular flexibility index (Phi) is 6.07. The maximum absolute atomic E-state index is 11.7. The van der Waals surface area contributed by atoms with Gasteiger partial charge in [0.05, 0.1) is 12.2 Å². The molecule has 0 aromatic carbocycles. The highest BCUT2D eigenvalue weighted by Gasteiger charge is 2.66. The summed E-state index contributed by atoms with van der Waals surface area (Å²) < 4.78 is 0. The summed E-state index contributed by atoms with van der Waals surface area (Å²) in [5.41, 5.74) is 0.159. The number of carbonyl (C=O) groups is 1. The van der Waals surface area contributed by atoms with E-state index in [1.54, 1.807) is 0 Å². The second-order valence-corrected chi connectivity index (χ2v) is 12.0. The molecule has 3 N–H and O–H groups in total. The van der Waals surface area contributed by atoms with Crippen molar-refractivity contribution >= 4 is 5.97 Å². The molecule has 4 nitrogen and oxygen atoms in total. The van der Waals surface area contributed by atoms with Crippen molar-refractivity contribution < 1.29 is 20.1 Å². The molecule has 0 aliphatic heterocycles. The monoisotopic (exact) mass is 420 g/mol. The van der Waals surface area contributed by atoms with Gasteiger partial charge in [-0.05, 0) is 90.8 Å². The third-order valence-corrected chi connectivity index (χ3v) is 10.8. The standard InChI is InChI=1S/C26H44O4/c1-5-16-18-8-6-7-13-25(18,3)23-20(27)14-26(4)17(15(2)9-12-21(28)29)10-11-19(26)22(23)24(16)30/h15-20,22-24,27,30H,5-14H2,1-4H3,(H,28,29)/t15-,16-,17?,18+,19?,20+,22?,23?,24-,25+,26-/m1/s1. The number of fused-ring (bicyclic) bond motifs is 5. The van der Waals surface area contributed by atoms with Gasteiger partial charge >= 0.3 is 5.97 Å². The fourth-order valence-corrected chi connectivity index (χ4v) is 9.68. The second kappa shape index (κ2) is 8.06. The molecule has 0 heterocycles. The van der Waals surface area contributed by atoms with Crippen molar-refractivity contribution in [2.45, 2.75) is 104 Å². The Hall–Kier alpha value is -0.610. The number of aliphatic hydroxyl groups is 2. The predicted molar refractivity (Wildman–Crippen MR) is 118 cm³/mol. The highest BCUT2D eigenvalue weighted by molar-refractivity contribution is 5.66. The minimum atomic E-state index is -0.713. The van der Waals surface area contributed by atoms with Crippen LogP contribution in [0, 0.1) is 52.3 Å². The molecule has 30 heavy (non-hydrogen) atoms. The van der Waals surface area contributed by atoms with Crippen LogP contribution < -0.4 is 0 Å². The lowest BCUT2D eigenvalue weighted by Gasteiger charge is -2.65. The number of hydrogen-bond donors (Lipinski definition) is 3. The summed E-state index contributed by atoms with van der Waals surface area (Å²) in [6, 6.07) is 0. The van der Waals surface area contributed by atoms with Crippen molar-refractivity contribution in [3.63, 3.8) is 0 Å². The second-order valence-electron chi connectivity index (χ2n) is 12.0. The Balaban J connectivity index is 1.66. The summed E-state index contributed by atoms with van der Waals surface area (Å²) in [6.07, 6.45) is 9.31. The smallest absolute Gasteiger partial charge is 0.303 e. The van der Waals surface area contributed by atoms with Crippen LogP contribution in [0.3, 0.4) is 0 Å². The largest absolute Gasteiger partial charge is 0.481 e. The topological polar surface area (TPSA) is 77.8 Å². The van der Waals surface area contributed by atoms with Gasteiger partial charge in [0, 0.05) is 6.42 Å². The Labute approximate surface area is 182 Å². The van der Waals surface area contributed by atoms with E-state index < -0.39 is 5.97 Å². The van der Waals surface area contributed by atoms with E-state index >= 15 is 0 Å². The van der Waals surface area contributed by atoms with Gasteiger partial charge in [0.15, 0.2) is 0 Å². The summed E-state index contributed by atoms with van der Waals surface area (Å²) in [5.74, 6) is 1.84. The summed E-state index contributed by atoms with van der Waals surface area (Å²) in [6.45, 7) is 9.25. The SMILES string of the molecule is CC[C@H]1[C@@H](O)C2C3CCC([C@H](C)CCC(=O)O)[C@@]3(C)C[C@H](O)C2[C@@]2(C)CCCC[C@@H]12. The molecular formula is C26H44O4. The molecular weight excluding hydrogens is 376 g/mol. The summed E-state index contributed by atoms with van der Waals surface area (Å²) in [5, 5.41) is 32.5. The molecule has 4 heteroatoms. The molecule has 0 aromatic rings. The van der Waals surface area contributed by atoms with Crippen LogP contribution in [-0.4, -0.2) is 33.5 Å². The molecule has 4 saturated carbocycles. The molecule has 4 aliphatic carbocycles. The van der Waals surface area contributed by atoms with Gasteiger partial charge in [-0.1, -0.05) is 47.0 Å². The first-order valence-corrected chi connectivity index (χ1v) is 12.7. The van der Waals surface area contributed by atoms with Crippen molar-refractivity contribution in [2.24, 2.45) is 52.3 Å². The van der Waals surface area contributed by atoms with Crippen molar-refractivity contribution in [2.75, 3.05) is 0 Å². The molecule has 0 bridgehead atoms. The van der Waals surface area contributed by atoms with Gasteiger partial charge in [-0.3, -0.25) is 4.79 Å². The first-order valence-electron chi connectivity index (χ1n) is 12.7. The van der Waals surface area contributed by atoms with Crippen LogP contribution in [0.1, 0.15) is 91.9 Å². The molecule has 11 atom stereocenters. The van der Waals surface area contributed by atoms with Gasteiger partial charge in [0.1, 0.15) is 0 Å². The zero-order valence-electron chi connectivity index (χ0n) is 19.5. The number of aliphatic carboxylic acids is 1. The Morgan fingerprint density at radius 1 is 1.07 bits per heavy atom. The zero-order valence-corrected chi connectivity index (χ0v) is 19.5. The van der Waals surface area contributed by atoms with E-state index in [0.717, 1.165) is 25.7 Å². The minimum Gasteiger partial charge on any atom is -0.481 e. The fourth-order valence-electron chi connectivity index (χ4n) is 9.68. The van der Waals surface area contributed by atoms with Crippen LogP contribution in [0.4, 0.5) is 0 Å². The van der Waals surface area contributed by atoms with E-state index in [2.05, 4.69) is 27.7 Å². The van der Waals surface area contributed by atoms with Crippen LogP contribution in [0.15, 0.2) is 0 Å². The Bertz CT molecular complexity index is 649. The average molecular weight is 421 g/mol. The van der Waals surface area contributed by atoms with Gasteiger partial charge in [-0.2, -0.15) is 0 Å². The summed E-state index contributed by atoms with van der Waals surface area (Å²) in [7, 11) is 0. The van der Waals surface area contributed by atoms with Gasteiger partial charge in [0.2, 0.25) is 0 Å². The fraction of sp³-hybridized carbons (Fsp3) is 0.962. The van der Waals surface area contributed by atoms with Crippen LogP contribution in [0.5, 0.6) is 0 Å². The van der Waals surface area contributed by atoms with Crippen LogP contribution in [0.2, 0.25) is 0 Å². The van der Waals surface area contributed by atoms with Crippen molar-refractivity contribution in [1.82, 2.24) is 0 Å². The number of aliphatic hydroxyl groups excluding tert-OH is 2. The average Bonchev–Trinajstić information content (AvgIpc) is 3.02. The third-order valence-electron chi connectivity index (χ3n) is 10.8. The Morgan fingerprint density at radius 3 is 2.47 bits per heavy atom. The molecule has 0 amide bonds. The third kappa shape index (κ3) is 3.27. The van der Waals surface area contributed by atoms with Crippen LogP contribution >= 0.6 is 0 Å². The van der Waals surface area contributed by atoms with Crippen LogP contribution in [0.25, 0.3) is 0 Å². The number of carboxylic acid groups (broad SMARTS) is 1. The quantitative estimate of drug-likeness (QED) is 0.577. The molecule has 0 aromatic heterocycles. The highest BCUT2D eigenvalue weighted by atomic mass is 16.4. The van der Waals surface area contributed by atoms with Crippen LogP contribution in [-0.2, 0) is 4.79 Å². The van der Waals surface area contributed by atoms with E-state index in [0.29, 0.717) is 36.0 Å². The minimum absolute atomic E-state index is 0.00956. The molecule has 4 fully saturated rings.